The van der Waals surface area contributed by atoms with Crippen LogP contribution in [0.5, 0.6) is 0 Å². The molecule has 4 aliphatic rings. The summed E-state index contributed by atoms with van der Waals surface area (Å²) in [5, 5.41) is 0. The molecule has 0 spiro atoms. The van der Waals surface area contributed by atoms with Crippen LogP contribution in [0.3, 0.4) is 0 Å². The molecule has 4 aliphatic carbocycles. The topological polar surface area (TPSA) is 17.1 Å². The lowest BCUT2D eigenvalue weighted by molar-refractivity contribution is -0.284. The quantitative estimate of drug-likeness (QED) is 0.126. The lowest BCUT2D eigenvalue weighted by Crippen LogP contribution is -2.49. The van der Waals surface area contributed by atoms with E-state index in [4.69, 9.17) is 0 Å². The van der Waals surface area contributed by atoms with Crippen LogP contribution in [0.4, 0.5) is 22.0 Å². The molecule has 0 aromatic heterocycles. The van der Waals surface area contributed by atoms with Gasteiger partial charge in [-0.3, -0.25) is 4.79 Å². The molecule has 0 radical (unpaired) electrons. The summed E-state index contributed by atoms with van der Waals surface area (Å²) in [6, 6.07) is 0. The fourth-order valence-electron chi connectivity index (χ4n) is 9.42. The van der Waals surface area contributed by atoms with Crippen molar-refractivity contribution >= 4 is 17.5 Å². The standard InChI is InChI=1S/C35H55F5OS/c1-25-14-17-31-32-26(23-27-24-28(41)15-16-29(27)30(32)18-20-33(25,31)2)13-10-8-6-4-3-5-7-9-11-21-42-22-12-19-34(36,37)35(38,39)40/h24-26,29-32H,3-23H2,1-2H3/t25-,26?,29?,30?,31?,32?,33+/m0/s1. The molecule has 0 heterocycles. The van der Waals surface area contributed by atoms with Crippen LogP contribution in [0.2, 0.25) is 0 Å². The number of fused-ring (bicyclic) bond motifs is 5. The van der Waals surface area contributed by atoms with Crippen molar-refractivity contribution in [3.8, 4) is 0 Å². The maximum absolute atomic E-state index is 12.9. The van der Waals surface area contributed by atoms with Crippen LogP contribution >= 0.6 is 11.8 Å². The lowest BCUT2D eigenvalue weighted by atomic mass is 9.48. The molecular weight excluding hydrogens is 563 g/mol. The molecule has 1 nitrogen and oxygen atoms in total. The van der Waals surface area contributed by atoms with Crippen molar-refractivity contribution in [2.24, 2.45) is 40.9 Å². The van der Waals surface area contributed by atoms with E-state index in [-0.39, 0.29) is 6.42 Å². The highest BCUT2D eigenvalue weighted by Crippen LogP contribution is 2.65. The Morgan fingerprint density at radius 2 is 1.50 bits per heavy atom. The highest BCUT2D eigenvalue weighted by atomic mass is 32.2. The van der Waals surface area contributed by atoms with Crippen molar-refractivity contribution in [2.45, 2.75) is 148 Å². The molecule has 4 rings (SSSR count). The summed E-state index contributed by atoms with van der Waals surface area (Å²) in [6.45, 7) is 5.10. The molecular formula is C35H55F5OS. The Kier molecular flexibility index (Phi) is 12.4. The number of hydrogen-bond donors (Lipinski definition) is 0. The first-order chi connectivity index (χ1) is 19.9. The minimum atomic E-state index is -5.43. The van der Waals surface area contributed by atoms with Crippen molar-refractivity contribution in [2.75, 3.05) is 11.5 Å². The summed E-state index contributed by atoms with van der Waals surface area (Å²) in [6.07, 6.45) is 16.3. The molecule has 0 amide bonds. The highest BCUT2D eigenvalue weighted by Gasteiger charge is 2.58. The fourth-order valence-corrected chi connectivity index (χ4v) is 10.4. The van der Waals surface area contributed by atoms with E-state index in [1.54, 1.807) is 0 Å². The number of ketones is 1. The second-order valence-electron chi connectivity index (χ2n) is 14.6. The van der Waals surface area contributed by atoms with E-state index < -0.39 is 18.5 Å². The summed E-state index contributed by atoms with van der Waals surface area (Å²) in [5.41, 5.74) is 2.03. The Morgan fingerprint density at radius 3 is 2.19 bits per heavy atom. The van der Waals surface area contributed by atoms with E-state index in [1.165, 1.54) is 101 Å². The van der Waals surface area contributed by atoms with Gasteiger partial charge in [0.1, 0.15) is 0 Å². The zero-order valence-corrected chi connectivity index (χ0v) is 26.9. The molecule has 242 valence electrons. The molecule has 7 atom stereocenters. The van der Waals surface area contributed by atoms with Crippen LogP contribution in [0.25, 0.3) is 0 Å². The molecule has 3 saturated carbocycles. The van der Waals surface area contributed by atoms with Crippen LogP contribution in [0.15, 0.2) is 11.6 Å². The Hall–Kier alpha value is -0.590. The molecule has 7 heteroatoms. The summed E-state index contributed by atoms with van der Waals surface area (Å²) < 4.78 is 62.4. The SMILES string of the molecule is C[C@H]1CCC2C3C(CCCCCCCCCCCSCCCC(F)(F)C(F)(F)F)CC4=CC(=O)CCC4C3CC[C@@]21C. The largest absolute Gasteiger partial charge is 0.453 e. The van der Waals surface area contributed by atoms with Gasteiger partial charge in [-0.05, 0) is 116 Å². The van der Waals surface area contributed by atoms with Crippen LogP contribution in [0, 0.1) is 40.9 Å². The first kappa shape index (κ1) is 34.3. The van der Waals surface area contributed by atoms with Gasteiger partial charge in [0.05, 0.1) is 0 Å². The van der Waals surface area contributed by atoms with E-state index >= 15 is 0 Å². The van der Waals surface area contributed by atoms with Gasteiger partial charge in [-0.15, -0.1) is 0 Å². The van der Waals surface area contributed by atoms with E-state index in [0.29, 0.717) is 22.9 Å². The number of alkyl halides is 5. The normalized spacial score (nSPS) is 33.2. The Morgan fingerprint density at radius 1 is 0.857 bits per heavy atom. The van der Waals surface area contributed by atoms with Gasteiger partial charge in [-0.25, -0.2) is 0 Å². The van der Waals surface area contributed by atoms with E-state index in [9.17, 15) is 26.7 Å². The van der Waals surface area contributed by atoms with Crippen molar-refractivity contribution in [1.29, 1.82) is 0 Å². The second kappa shape index (κ2) is 15.1. The van der Waals surface area contributed by atoms with Gasteiger partial charge in [-0.1, -0.05) is 70.8 Å². The molecule has 42 heavy (non-hydrogen) atoms. The predicted octanol–water partition coefficient (Wildman–Crippen LogP) is 11.6. The van der Waals surface area contributed by atoms with Crippen LogP contribution in [0.1, 0.15) is 136 Å². The minimum absolute atomic E-state index is 0.101. The molecule has 0 aliphatic heterocycles. The van der Waals surface area contributed by atoms with Gasteiger partial charge < -0.3 is 0 Å². The molecule has 0 bridgehead atoms. The van der Waals surface area contributed by atoms with Crippen LogP contribution < -0.4 is 0 Å². The van der Waals surface area contributed by atoms with E-state index in [0.717, 1.165) is 61.0 Å². The molecule has 0 aromatic carbocycles. The minimum Gasteiger partial charge on any atom is -0.295 e. The Bertz CT molecular complexity index is 900. The number of unbranched alkanes of at least 4 members (excludes halogenated alkanes) is 8. The number of allylic oxidation sites excluding steroid dienone is 1. The number of halogens is 5. The maximum Gasteiger partial charge on any atom is 0.453 e. The van der Waals surface area contributed by atoms with E-state index in [2.05, 4.69) is 19.9 Å². The molecule has 3 fully saturated rings. The number of rotatable bonds is 16. The van der Waals surface area contributed by atoms with Gasteiger partial charge in [0.2, 0.25) is 0 Å². The zero-order valence-electron chi connectivity index (χ0n) is 26.1. The number of hydrogen-bond acceptors (Lipinski definition) is 2. The third kappa shape index (κ3) is 8.36. The Labute approximate surface area is 256 Å². The average molecular weight is 619 g/mol. The van der Waals surface area contributed by atoms with Crippen molar-refractivity contribution < 1.29 is 26.7 Å². The van der Waals surface area contributed by atoms with Crippen LogP contribution in [-0.2, 0) is 4.79 Å². The average Bonchev–Trinajstić information content (AvgIpc) is 3.23. The smallest absolute Gasteiger partial charge is 0.295 e. The van der Waals surface area contributed by atoms with Crippen LogP contribution in [-0.4, -0.2) is 29.4 Å². The summed E-state index contributed by atoms with van der Waals surface area (Å²) in [5.74, 6) is 1.85. The number of carbonyl (C=O) groups is 1. The van der Waals surface area contributed by atoms with Gasteiger partial charge in [0.15, 0.2) is 5.78 Å². The third-order valence-corrected chi connectivity index (χ3v) is 13.2. The molecule has 0 saturated heterocycles. The van der Waals surface area contributed by atoms with Crippen molar-refractivity contribution in [3.63, 3.8) is 0 Å². The second-order valence-corrected chi connectivity index (χ2v) is 15.8. The van der Waals surface area contributed by atoms with Crippen molar-refractivity contribution in [1.82, 2.24) is 0 Å². The highest BCUT2D eigenvalue weighted by molar-refractivity contribution is 7.99. The molecule has 0 N–H and O–H groups in total. The lowest BCUT2D eigenvalue weighted by Gasteiger charge is -2.56. The zero-order chi connectivity index (χ0) is 30.4. The van der Waals surface area contributed by atoms with Gasteiger partial charge >= 0.3 is 12.1 Å². The summed E-state index contributed by atoms with van der Waals surface area (Å²) in [4.78, 5) is 12.3. The fraction of sp³-hybridized carbons (Fsp3) is 0.914. The van der Waals surface area contributed by atoms with Gasteiger partial charge in [-0.2, -0.15) is 33.7 Å². The third-order valence-electron chi connectivity index (χ3n) is 12.0. The number of thioether (sulfide) groups is 1. The first-order valence-electron chi connectivity index (χ1n) is 17.2. The molecule has 0 aromatic rings. The predicted molar refractivity (Wildman–Crippen MR) is 164 cm³/mol. The monoisotopic (exact) mass is 618 g/mol. The van der Waals surface area contributed by atoms with E-state index in [1.807, 2.05) is 0 Å². The van der Waals surface area contributed by atoms with Gasteiger partial charge in [0.25, 0.3) is 0 Å². The Balaban J connectivity index is 1.07. The summed E-state index contributed by atoms with van der Waals surface area (Å²) in [7, 11) is 0. The summed E-state index contributed by atoms with van der Waals surface area (Å²) >= 11 is 1.49. The first-order valence-corrected chi connectivity index (χ1v) is 18.3. The molecule has 5 unspecified atom stereocenters. The number of carbonyl (C=O) groups excluding carboxylic acids is 1. The van der Waals surface area contributed by atoms with Gasteiger partial charge in [0, 0.05) is 12.8 Å². The van der Waals surface area contributed by atoms with Crippen molar-refractivity contribution in [3.05, 3.63) is 11.6 Å². The maximum atomic E-state index is 12.9.